The van der Waals surface area contributed by atoms with Crippen LogP contribution in [-0.4, -0.2) is 35.1 Å². The van der Waals surface area contributed by atoms with Gasteiger partial charge in [-0.1, -0.05) is 36.4 Å². The molecule has 4 rings (SSSR count). The normalized spacial score (nSPS) is 10.9. The molecule has 0 spiro atoms. The fourth-order valence-corrected chi connectivity index (χ4v) is 4.30. The van der Waals surface area contributed by atoms with Gasteiger partial charge >= 0.3 is 0 Å². The molecule has 202 valence electrons. The summed E-state index contributed by atoms with van der Waals surface area (Å²) < 4.78 is 5.69. The van der Waals surface area contributed by atoms with Gasteiger partial charge < -0.3 is 20.7 Å². The zero-order valence-corrected chi connectivity index (χ0v) is 22.6. The third-order valence-corrected chi connectivity index (χ3v) is 6.51. The average molecular weight is 553 g/mol. The molecule has 0 bridgehead atoms. The van der Waals surface area contributed by atoms with Gasteiger partial charge in [0.05, 0.1) is 12.4 Å². The minimum Gasteiger partial charge on any atom is -0.493 e. The third kappa shape index (κ3) is 8.31. The van der Waals surface area contributed by atoms with E-state index in [2.05, 4.69) is 20.9 Å². The lowest BCUT2D eigenvalue weighted by molar-refractivity contribution is -0.114. The Hall–Kier alpha value is -4.89. The maximum absolute atomic E-state index is 13.3. The lowest BCUT2D eigenvalue weighted by Crippen LogP contribution is -2.30. The summed E-state index contributed by atoms with van der Waals surface area (Å²) in [5.74, 6) is -0.213. The van der Waals surface area contributed by atoms with Gasteiger partial charge in [-0.15, -0.1) is 11.8 Å². The lowest BCUT2D eigenvalue weighted by Gasteiger charge is -2.13. The Morgan fingerprint density at radius 1 is 0.825 bits per heavy atom. The van der Waals surface area contributed by atoms with Crippen molar-refractivity contribution in [2.75, 3.05) is 23.0 Å². The van der Waals surface area contributed by atoms with Gasteiger partial charge in [0.15, 0.2) is 0 Å². The zero-order chi connectivity index (χ0) is 28.2. The van der Waals surface area contributed by atoms with Crippen LogP contribution in [0.1, 0.15) is 22.8 Å². The van der Waals surface area contributed by atoms with Gasteiger partial charge in [-0.3, -0.25) is 19.4 Å². The summed E-state index contributed by atoms with van der Waals surface area (Å²) in [6, 6.07) is 26.5. The molecule has 0 unspecified atom stereocenters. The molecule has 8 nitrogen and oxygen atoms in total. The first-order valence-corrected chi connectivity index (χ1v) is 13.5. The van der Waals surface area contributed by atoms with Gasteiger partial charge in [0.1, 0.15) is 11.4 Å². The molecule has 0 fully saturated rings. The van der Waals surface area contributed by atoms with E-state index in [1.807, 2.05) is 43.3 Å². The second-order valence-electron chi connectivity index (χ2n) is 8.40. The fraction of sp³-hybridized carbons (Fsp3) is 0.0968. The van der Waals surface area contributed by atoms with Crippen molar-refractivity contribution in [2.45, 2.75) is 11.8 Å². The molecule has 0 atom stereocenters. The zero-order valence-electron chi connectivity index (χ0n) is 21.8. The van der Waals surface area contributed by atoms with Crippen LogP contribution in [0.3, 0.4) is 0 Å². The van der Waals surface area contributed by atoms with Crippen LogP contribution in [0.25, 0.3) is 6.08 Å². The Labute approximate surface area is 236 Å². The summed E-state index contributed by atoms with van der Waals surface area (Å²) in [7, 11) is 0. The first-order valence-electron chi connectivity index (χ1n) is 12.6. The second-order valence-corrected chi connectivity index (χ2v) is 9.45. The smallest absolute Gasteiger partial charge is 0.272 e. The van der Waals surface area contributed by atoms with Crippen LogP contribution < -0.4 is 20.7 Å². The average Bonchev–Trinajstić information content (AvgIpc) is 2.98. The molecule has 1 aromatic heterocycles. The van der Waals surface area contributed by atoms with Crippen LogP contribution in [0, 0.1) is 0 Å². The van der Waals surface area contributed by atoms with Crippen molar-refractivity contribution < 1.29 is 19.1 Å². The van der Waals surface area contributed by atoms with Crippen LogP contribution in [0.5, 0.6) is 5.75 Å². The van der Waals surface area contributed by atoms with Crippen molar-refractivity contribution in [1.82, 2.24) is 10.3 Å². The number of nitrogens with zero attached hydrogens (tertiary/aromatic N) is 1. The van der Waals surface area contributed by atoms with Crippen LogP contribution >= 0.6 is 11.8 Å². The molecule has 40 heavy (non-hydrogen) atoms. The summed E-state index contributed by atoms with van der Waals surface area (Å²) in [4.78, 5) is 43.2. The monoisotopic (exact) mass is 552 g/mol. The van der Waals surface area contributed by atoms with E-state index in [1.165, 1.54) is 11.8 Å². The predicted molar refractivity (Wildman–Crippen MR) is 158 cm³/mol. The molecular weight excluding hydrogens is 524 g/mol. The Morgan fingerprint density at radius 2 is 1.50 bits per heavy atom. The Bertz CT molecular complexity index is 1480. The highest BCUT2D eigenvalue weighted by molar-refractivity contribution is 8.00. The number of anilines is 2. The highest BCUT2D eigenvalue weighted by Gasteiger charge is 2.16. The summed E-state index contributed by atoms with van der Waals surface area (Å²) in [5.41, 5.74) is 2.36. The van der Waals surface area contributed by atoms with Crippen LogP contribution in [-0.2, 0) is 9.59 Å². The molecule has 0 saturated heterocycles. The Morgan fingerprint density at radius 3 is 2.23 bits per heavy atom. The predicted octanol–water partition coefficient (Wildman–Crippen LogP) is 5.62. The van der Waals surface area contributed by atoms with Gasteiger partial charge in [-0.05, 0) is 67.6 Å². The highest BCUT2D eigenvalue weighted by atomic mass is 32.2. The number of para-hydroxylation sites is 1. The van der Waals surface area contributed by atoms with Crippen molar-refractivity contribution >= 4 is 46.9 Å². The van der Waals surface area contributed by atoms with E-state index in [4.69, 9.17) is 4.74 Å². The molecule has 0 aliphatic heterocycles. The second kappa shape index (κ2) is 14.3. The van der Waals surface area contributed by atoms with E-state index in [1.54, 1.807) is 73.1 Å². The molecule has 4 aromatic rings. The molecule has 9 heteroatoms. The van der Waals surface area contributed by atoms with E-state index in [0.29, 0.717) is 34.9 Å². The van der Waals surface area contributed by atoms with Gasteiger partial charge in [0, 0.05) is 39.8 Å². The summed E-state index contributed by atoms with van der Waals surface area (Å²) in [5, 5.41) is 8.39. The SMILES string of the molecule is CCOc1ccccc1/C=C(\NC(=O)c1ccccc1)C(=O)Nc1ccc(SCC(=O)Nc2ccncc2)cc1. The van der Waals surface area contributed by atoms with Crippen molar-refractivity contribution in [2.24, 2.45) is 0 Å². The molecule has 0 aliphatic rings. The van der Waals surface area contributed by atoms with E-state index < -0.39 is 11.8 Å². The third-order valence-electron chi connectivity index (χ3n) is 5.49. The molecule has 0 radical (unpaired) electrons. The van der Waals surface area contributed by atoms with Crippen LogP contribution in [0.4, 0.5) is 11.4 Å². The molecule has 3 amide bonds. The lowest BCUT2D eigenvalue weighted by atomic mass is 10.1. The fourth-order valence-electron chi connectivity index (χ4n) is 3.60. The highest BCUT2D eigenvalue weighted by Crippen LogP contribution is 2.23. The maximum atomic E-state index is 13.3. The number of aromatic nitrogens is 1. The summed E-state index contributed by atoms with van der Waals surface area (Å²) in [6.45, 7) is 2.33. The molecule has 0 saturated carbocycles. The molecule has 3 aromatic carbocycles. The topological polar surface area (TPSA) is 109 Å². The first-order chi connectivity index (χ1) is 19.5. The van der Waals surface area contributed by atoms with E-state index in [-0.39, 0.29) is 17.4 Å². The van der Waals surface area contributed by atoms with Crippen molar-refractivity contribution in [1.29, 1.82) is 0 Å². The standard InChI is InChI=1S/C31H28N4O4S/c1-2-39-28-11-7-6-10-23(28)20-27(35-30(37)22-8-4-3-5-9-22)31(38)34-24-12-14-26(15-13-24)40-21-29(36)33-25-16-18-32-19-17-25/h3-20H,2,21H2,1H3,(H,34,38)(H,35,37)(H,32,33,36)/b27-20-. The maximum Gasteiger partial charge on any atom is 0.272 e. The Balaban J connectivity index is 1.45. The van der Waals surface area contributed by atoms with Gasteiger partial charge in [0.25, 0.3) is 11.8 Å². The van der Waals surface area contributed by atoms with E-state index in [9.17, 15) is 14.4 Å². The van der Waals surface area contributed by atoms with Crippen LogP contribution in [0.2, 0.25) is 0 Å². The number of benzene rings is 3. The number of hydrogen-bond donors (Lipinski definition) is 3. The number of thioether (sulfide) groups is 1. The summed E-state index contributed by atoms with van der Waals surface area (Å²) in [6.07, 6.45) is 4.81. The number of pyridine rings is 1. The molecule has 1 heterocycles. The van der Waals surface area contributed by atoms with Crippen molar-refractivity contribution in [3.05, 3.63) is 120 Å². The minimum absolute atomic E-state index is 0.0623. The van der Waals surface area contributed by atoms with Gasteiger partial charge in [0.2, 0.25) is 5.91 Å². The molecule has 3 N–H and O–H groups in total. The van der Waals surface area contributed by atoms with Crippen LogP contribution in [0.15, 0.2) is 114 Å². The number of carbonyl (C=O) groups is 3. The van der Waals surface area contributed by atoms with Gasteiger partial charge in [-0.25, -0.2) is 0 Å². The van der Waals surface area contributed by atoms with E-state index >= 15 is 0 Å². The molecule has 0 aliphatic carbocycles. The number of rotatable bonds is 11. The largest absolute Gasteiger partial charge is 0.493 e. The Kier molecular flexibility index (Phi) is 10.1. The van der Waals surface area contributed by atoms with Crippen molar-refractivity contribution in [3.8, 4) is 5.75 Å². The first kappa shape index (κ1) is 28.1. The number of carbonyl (C=O) groups excluding carboxylic acids is 3. The molecular formula is C31H28N4O4S. The number of nitrogens with one attached hydrogen (secondary N) is 3. The number of amides is 3. The quantitative estimate of drug-likeness (QED) is 0.165. The minimum atomic E-state index is -0.493. The number of ether oxygens (including phenoxy) is 1. The van der Waals surface area contributed by atoms with E-state index in [0.717, 1.165) is 4.90 Å². The van der Waals surface area contributed by atoms with Crippen molar-refractivity contribution in [3.63, 3.8) is 0 Å². The number of hydrogen-bond acceptors (Lipinski definition) is 6. The van der Waals surface area contributed by atoms with Gasteiger partial charge in [-0.2, -0.15) is 0 Å². The summed E-state index contributed by atoms with van der Waals surface area (Å²) >= 11 is 1.37.